The summed E-state index contributed by atoms with van der Waals surface area (Å²) in [5.74, 6) is -0.614. The third-order valence-electron chi connectivity index (χ3n) is 18.7. The highest BCUT2D eigenvalue weighted by atomic mass is 31.2. The predicted octanol–water partition coefficient (Wildman–Crippen LogP) is 23.8. The number of ether oxygens (including phenoxy) is 4. The molecule has 0 spiro atoms. The van der Waals surface area contributed by atoms with E-state index >= 15 is 0 Å². The zero-order valence-electron chi connectivity index (χ0n) is 65.0. The Hall–Kier alpha value is -2.46. The summed E-state index contributed by atoms with van der Waals surface area (Å²) in [5.41, 5.74) is 0. The number of phosphoric acid groups is 2. The smallest absolute Gasteiger partial charge is 0.462 e. The summed E-state index contributed by atoms with van der Waals surface area (Å²) in [4.78, 5) is 73.0. The Balaban J connectivity index is 5.28. The van der Waals surface area contributed by atoms with Crippen LogP contribution in [0.25, 0.3) is 0 Å². The number of hydrogen-bond donors (Lipinski definition) is 3. The Labute approximate surface area is 612 Å². The average molecular weight is 1460 g/mol. The van der Waals surface area contributed by atoms with E-state index in [0.29, 0.717) is 25.7 Å². The molecule has 0 aliphatic carbocycles. The molecule has 0 saturated heterocycles. The van der Waals surface area contributed by atoms with Gasteiger partial charge in [-0.1, -0.05) is 348 Å². The summed E-state index contributed by atoms with van der Waals surface area (Å²) < 4.78 is 68.7. The third-order valence-corrected chi connectivity index (χ3v) is 20.6. The van der Waals surface area contributed by atoms with Crippen LogP contribution in [0, 0.1) is 11.8 Å². The second-order valence-electron chi connectivity index (χ2n) is 29.2. The molecule has 0 saturated carbocycles. The molecule has 3 N–H and O–H groups in total. The van der Waals surface area contributed by atoms with Crippen LogP contribution in [0.5, 0.6) is 0 Å². The van der Waals surface area contributed by atoms with Crippen molar-refractivity contribution in [1.29, 1.82) is 0 Å². The predicted molar refractivity (Wildman–Crippen MR) is 409 cm³/mol. The molecule has 0 aromatic carbocycles. The second kappa shape index (κ2) is 72.1. The molecule has 0 fully saturated rings. The summed E-state index contributed by atoms with van der Waals surface area (Å²) in [7, 11) is -9.93. The van der Waals surface area contributed by atoms with Gasteiger partial charge in [-0.05, 0) is 63.2 Å². The first-order chi connectivity index (χ1) is 48.4. The number of carbonyl (C=O) groups is 4. The molecule has 0 aromatic heterocycles. The minimum atomic E-state index is -4.97. The number of hydrogen-bond acceptors (Lipinski definition) is 15. The molecule has 100 heavy (non-hydrogen) atoms. The van der Waals surface area contributed by atoms with Crippen LogP contribution in [0.15, 0.2) is 24.3 Å². The first-order valence-electron chi connectivity index (χ1n) is 41.3. The fraction of sp³-hybridized carbons (Fsp3) is 0.901. The number of esters is 4. The minimum absolute atomic E-state index is 0.102. The first-order valence-corrected chi connectivity index (χ1v) is 44.3. The molecule has 0 radical (unpaired) electrons. The van der Waals surface area contributed by atoms with Crippen LogP contribution in [0.3, 0.4) is 0 Å². The van der Waals surface area contributed by atoms with Crippen molar-refractivity contribution in [1.82, 2.24) is 0 Å². The van der Waals surface area contributed by atoms with Gasteiger partial charge in [0.15, 0.2) is 12.2 Å². The van der Waals surface area contributed by atoms with Crippen LogP contribution in [0.4, 0.5) is 0 Å². The summed E-state index contributed by atoms with van der Waals surface area (Å²) in [5, 5.41) is 10.6. The molecule has 0 aliphatic rings. The molecule has 0 aliphatic heterocycles. The van der Waals surface area contributed by atoms with Gasteiger partial charge >= 0.3 is 39.5 Å². The van der Waals surface area contributed by atoms with E-state index in [2.05, 4.69) is 65.8 Å². The quantitative estimate of drug-likeness (QED) is 0.0169. The van der Waals surface area contributed by atoms with E-state index in [1.807, 2.05) is 0 Å². The molecule has 0 bridgehead atoms. The molecular formula is C81H154O17P2. The Bertz CT molecular complexity index is 2020. The molecule has 0 aromatic rings. The van der Waals surface area contributed by atoms with E-state index in [-0.39, 0.29) is 25.7 Å². The number of unbranched alkanes of at least 4 members (excludes halogenated alkanes) is 44. The number of rotatable bonds is 78. The van der Waals surface area contributed by atoms with Crippen molar-refractivity contribution in [3.05, 3.63) is 24.3 Å². The summed E-state index contributed by atoms with van der Waals surface area (Å²) in [6, 6.07) is 0. The molecule has 0 rings (SSSR count). The number of aliphatic hydroxyl groups excluding tert-OH is 1. The number of allylic oxidation sites excluding steroid dienone is 4. The molecule has 17 nitrogen and oxygen atoms in total. The van der Waals surface area contributed by atoms with Gasteiger partial charge in [-0.15, -0.1) is 0 Å². The standard InChI is InChI=1S/C81H154O17P2/c1-7-10-12-14-16-18-20-22-24-25-26-27-28-30-32-34-39-47-53-59-65-80(85)97-76(69-91-78(83)63-57-51-45-38-33-31-29-23-21-19-17-15-13-11-8-2)71-95-99(87,88)93-67-75(82)68-94-100(89,90)96-72-77(70-92-79(84)64-58-52-46-42-41-44-50-56-62-74(6)9-3)98-81(86)66-60-54-48-40-36-35-37-43-49-55-61-73(4)5/h19,21,23,29,73-77,82H,7-18,20,22,24-28,30-72H2,1-6H3,(H,87,88)(H,89,90)/b21-19-,29-23-/t74?,75-,76-,77-/m1/s1. The maximum absolute atomic E-state index is 13.1. The van der Waals surface area contributed by atoms with Gasteiger partial charge in [-0.2, -0.15) is 0 Å². The third kappa shape index (κ3) is 72.5. The fourth-order valence-electron chi connectivity index (χ4n) is 12.0. The molecule has 6 atom stereocenters. The topological polar surface area (TPSA) is 237 Å². The average Bonchev–Trinajstić information content (AvgIpc) is 0.946. The fourth-order valence-corrected chi connectivity index (χ4v) is 13.5. The van der Waals surface area contributed by atoms with E-state index in [0.717, 1.165) is 121 Å². The molecule has 19 heteroatoms. The first kappa shape index (κ1) is 97.5. The number of phosphoric ester groups is 2. The Morgan fingerprint density at radius 1 is 0.330 bits per heavy atom. The normalized spacial score (nSPS) is 14.3. The van der Waals surface area contributed by atoms with Gasteiger partial charge in [0.2, 0.25) is 0 Å². The molecule has 0 amide bonds. The van der Waals surface area contributed by atoms with Gasteiger partial charge in [-0.3, -0.25) is 37.3 Å². The highest BCUT2D eigenvalue weighted by Gasteiger charge is 2.30. The largest absolute Gasteiger partial charge is 0.472 e. The summed E-state index contributed by atoms with van der Waals surface area (Å²) in [6.45, 7) is 9.55. The van der Waals surface area contributed by atoms with Crippen molar-refractivity contribution in [2.75, 3.05) is 39.6 Å². The lowest BCUT2D eigenvalue weighted by molar-refractivity contribution is -0.161. The van der Waals surface area contributed by atoms with Crippen molar-refractivity contribution >= 4 is 39.5 Å². The SMILES string of the molecule is CCCCCC/C=C\C=C/CCCCCCCC(=O)OC[C@H](COP(=O)(O)OC[C@@H](O)COP(=O)(O)OC[C@@H](COC(=O)CCCCCCCCCCC(C)CC)OC(=O)CCCCCCCCCCCCC(C)C)OC(=O)CCCCCCCCCCCCCCCCCCCCCC. The van der Waals surface area contributed by atoms with E-state index in [1.54, 1.807) is 0 Å². The van der Waals surface area contributed by atoms with Crippen molar-refractivity contribution in [3.63, 3.8) is 0 Å². The van der Waals surface area contributed by atoms with Gasteiger partial charge in [0.05, 0.1) is 26.4 Å². The molecule has 3 unspecified atom stereocenters. The van der Waals surface area contributed by atoms with E-state index in [1.165, 1.54) is 199 Å². The van der Waals surface area contributed by atoms with Crippen LogP contribution in [-0.4, -0.2) is 96.7 Å². The van der Waals surface area contributed by atoms with Crippen molar-refractivity contribution in [3.8, 4) is 0 Å². The monoisotopic (exact) mass is 1460 g/mol. The zero-order valence-corrected chi connectivity index (χ0v) is 66.8. The molecular weight excluding hydrogens is 1310 g/mol. The lowest BCUT2D eigenvalue weighted by atomic mass is 9.99. The van der Waals surface area contributed by atoms with E-state index < -0.39 is 97.5 Å². The summed E-state index contributed by atoms with van der Waals surface area (Å²) in [6.07, 6.45) is 64.6. The van der Waals surface area contributed by atoms with Crippen molar-refractivity contribution in [2.45, 2.75) is 419 Å². The van der Waals surface area contributed by atoms with Crippen LogP contribution < -0.4 is 0 Å². The maximum atomic E-state index is 13.1. The minimum Gasteiger partial charge on any atom is -0.462 e. The van der Waals surface area contributed by atoms with Gasteiger partial charge in [0, 0.05) is 25.7 Å². The van der Waals surface area contributed by atoms with Gasteiger partial charge < -0.3 is 33.8 Å². The molecule has 590 valence electrons. The van der Waals surface area contributed by atoms with E-state index in [4.69, 9.17) is 37.0 Å². The lowest BCUT2D eigenvalue weighted by Crippen LogP contribution is -2.30. The van der Waals surface area contributed by atoms with Crippen LogP contribution in [-0.2, 0) is 65.4 Å². The summed E-state index contributed by atoms with van der Waals surface area (Å²) >= 11 is 0. The highest BCUT2D eigenvalue weighted by molar-refractivity contribution is 7.47. The van der Waals surface area contributed by atoms with Crippen LogP contribution >= 0.6 is 15.6 Å². The number of aliphatic hydroxyl groups is 1. The molecule has 0 heterocycles. The Morgan fingerprint density at radius 3 is 0.900 bits per heavy atom. The lowest BCUT2D eigenvalue weighted by Gasteiger charge is -2.21. The van der Waals surface area contributed by atoms with E-state index in [9.17, 15) is 43.2 Å². The van der Waals surface area contributed by atoms with Crippen molar-refractivity contribution < 1.29 is 80.2 Å². The van der Waals surface area contributed by atoms with Gasteiger partial charge in [0.1, 0.15) is 19.3 Å². The Morgan fingerprint density at radius 2 is 0.590 bits per heavy atom. The van der Waals surface area contributed by atoms with Gasteiger partial charge in [-0.25, -0.2) is 9.13 Å². The highest BCUT2D eigenvalue weighted by Crippen LogP contribution is 2.45. The van der Waals surface area contributed by atoms with Crippen LogP contribution in [0.1, 0.15) is 401 Å². The zero-order chi connectivity index (χ0) is 73.5. The Kier molecular flexibility index (Phi) is 70.3. The maximum Gasteiger partial charge on any atom is 0.472 e. The number of carbonyl (C=O) groups excluding carboxylic acids is 4. The van der Waals surface area contributed by atoms with Crippen LogP contribution in [0.2, 0.25) is 0 Å². The second-order valence-corrected chi connectivity index (χ2v) is 32.1. The van der Waals surface area contributed by atoms with Crippen molar-refractivity contribution in [2.24, 2.45) is 11.8 Å². The van der Waals surface area contributed by atoms with Gasteiger partial charge in [0.25, 0.3) is 0 Å².